The molecule has 3 aromatic heterocycles. The number of halogens is 1. The molecule has 10 nitrogen and oxygen atoms in total. The minimum absolute atomic E-state index is 0.0709. The molecule has 0 spiro atoms. The minimum atomic E-state index is -1.64. The molecule has 5 rings (SSSR count). The number of aromatic nitrogens is 3. The normalized spacial score (nSPS) is 20.0. The topological polar surface area (TPSA) is 144 Å². The van der Waals surface area contributed by atoms with E-state index >= 15 is 0 Å². The molecule has 2 aliphatic rings. The highest BCUT2D eigenvalue weighted by Gasteiger charge is 2.32. The van der Waals surface area contributed by atoms with Crippen molar-refractivity contribution in [2.24, 2.45) is 5.92 Å². The van der Waals surface area contributed by atoms with E-state index in [2.05, 4.69) is 32.1 Å². The predicted molar refractivity (Wildman–Crippen MR) is 147 cm³/mol. The third-order valence-corrected chi connectivity index (χ3v) is 7.63. The molecule has 0 aromatic carbocycles. The number of carbonyl (C=O) groups excluding carboxylic acids is 2. The van der Waals surface area contributed by atoms with Crippen molar-refractivity contribution in [2.75, 3.05) is 11.9 Å². The van der Waals surface area contributed by atoms with Crippen molar-refractivity contribution >= 4 is 23.0 Å². The number of amides is 2. The first-order valence-corrected chi connectivity index (χ1v) is 13.7. The molecule has 2 saturated carbocycles. The third kappa shape index (κ3) is 6.23. The van der Waals surface area contributed by atoms with Gasteiger partial charge in [0.15, 0.2) is 0 Å². The van der Waals surface area contributed by atoms with Crippen LogP contribution in [0.1, 0.15) is 68.3 Å². The van der Waals surface area contributed by atoms with Crippen molar-refractivity contribution in [3.05, 3.63) is 47.8 Å². The molecule has 0 aliphatic heterocycles. The number of aliphatic hydroxyl groups is 1. The maximum Gasteiger partial charge on any atom is 0.255 e. The SMILES string of the molecule is CC(C)(O)C(F)CNC(=O)c1cnc(-c2ccc3cc(C#N)cnn23)cc1NC1CCC(NC(=O)C2CC2)CC1. The van der Waals surface area contributed by atoms with Gasteiger partial charge in [-0.2, -0.15) is 10.4 Å². The van der Waals surface area contributed by atoms with Crippen LogP contribution < -0.4 is 16.0 Å². The van der Waals surface area contributed by atoms with Gasteiger partial charge in [0.25, 0.3) is 5.91 Å². The minimum Gasteiger partial charge on any atom is -0.387 e. The van der Waals surface area contributed by atoms with E-state index in [0.29, 0.717) is 22.6 Å². The van der Waals surface area contributed by atoms with Gasteiger partial charge < -0.3 is 21.1 Å². The second-order valence-corrected chi connectivity index (χ2v) is 11.3. The number of hydrogen-bond donors (Lipinski definition) is 4. The van der Waals surface area contributed by atoms with Crippen LogP contribution in [0, 0.1) is 17.2 Å². The Kier molecular flexibility index (Phi) is 7.72. The van der Waals surface area contributed by atoms with Crippen LogP contribution >= 0.6 is 0 Å². The van der Waals surface area contributed by atoms with E-state index < -0.39 is 17.7 Å². The van der Waals surface area contributed by atoms with Gasteiger partial charge in [-0.1, -0.05) is 0 Å². The summed E-state index contributed by atoms with van der Waals surface area (Å²) in [5.41, 5.74) is 1.67. The Morgan fingerprint density at radius 3 is 2.55 bits per heavy atom. The lowest BCUT2D eigenvalue weighted by atomic mass is 9.90. The average molecular weight is 548 g/mol. The molecule has 0 saturated heterocycles. The van der Waals surface area contributed by atoms with Crippen LogP contribution in [-0.4, -0.2) is 61.9 Å². The van der Waals surface area contributed by atoms with Crippen molar-refractivity contribution in [3.8, 4) is 17.5 Å². The van der Waals surface area contributed by atoms with Gasteiger partial charge in [0, 0.05) is 24.2 Å². The maximum absolute atomic E-state index is 14.3. The van der Waals surface area contributed by atoms with E-state index in [9.17, 15) is 24.3 Å². The van der Waals surface area contributed by atoms with Crippen LogP contribution in [-0.2, 0) is 4.79 Å². The molecule has 1 unspecified atom stereocenters. The highest BCUT2D eigenvalue weighted by atomic mass is 19.1. The number of nitriles is 1. The van der Waals surface area contributed by atoms with Crippen molar-refractivity contribution in [2.45, 2.75) is 76.2 Å². The maximum atomic E-state index is 14.3. The van der Waals surface area contributed by atoms with E-state index in [1.54, 1.807) is 16.6 Å². The zero-order valence-electron chi connectivity index (χ0n) is 22.7. The van der Waals surface area contributed by atoms with Crippen LogP contribution in [0.25, 0.3) is 16.9 Å². The summed E-state index contributed by atoms with van der Waals surface area (Å²) in [4.78, 5) is 29.8. The molecule has 3 aromatic rings. The van der Waals surface area contributed by atoms with Crippen LogP contribution in [0.3, 0.4) is 0 Å². The largest absolute Gasteiger partial charge is 0.387 e. The van der Waals surface area contributed by atoms with Gasteiger partial charge in [0.05, 0.1) is 52.1 Å². The molecule has 0 radical (unpaired) electrons. The number of nitrogens with zero attached hydrogens (tertiary/aromatic N) is 4. The summed E-state index contributed by atoms with van der Waals surface area (Å²) in [5, 5.41) is 32.7. The summed E-state index contributed by atoms with van der Waals surface area (Å²) in [5.74, 6) is -0.171. The second kappa shape index (κ2) is 11.2. The van der Waals surface area contributed by atoms with E-state index in [0.717, 1.165) is 44.0 Å². The van der Waals surface area contributed by atoms with Crippen molar-refractivity contribution in [1.82, 2.24) is 25.2 Å². The lowest BCUT2D eigenvalue weighted by Crippen LogP contribution is -2.42. The lowest BCUT2D eigenvalue weighted by Gasteiger charge is -2.31. The molecule has 2 aliphatic carbocycles. The summed E-state index contributed by atoms with van der Waals surface area (Å²) in [6, 6.07) is 9.50. The van der Waals surface area contributed by atoms with Gasteiger partial charge in [-0.15, -0.1) is 0 Å². The van der Waals surface area contributed by atoms with Crippen LogP contribution in [0.4, 0.5) is 10.1 Å². The molecule has 40 heavy (non-hydrogen) atoms. The fourth-order valence-electron chi connectivity index (χ4n) is 4.94. The number of rotatable bonds is 9. The fourth-order valence-corrected chi connectivity index (χ4v) is 4.94. The van der Waals surface area contributed by atoms with Gasteiger partial charge in [-0.3, -0.25) is 14.6 Å². The number of anilines is 1. The van der Waals surface area contributed by atoms with E-state index in [4.69, 9.17) is 0 Å². The third-order valence-electron chi connectivity index (χ3n) is 7.63. The smallest absolute Gasteiger partial charge is 0.255 e. The zero-order chi connectivity index (χ0) is 28.4. The first-order valence-electron chi connectivity index (χ1n) is 13.7. The molecule has 2 amide bonds. The Hall–Kier alpha value is -4.04. The van der Waals surface area contributed by atoms with Crippen molar-refractivity contribution in [3.63, 3.8) is 0 Å². The van der Waals surface area contributed by atoms with E-state index in [1.165, 1.54) is 26.2 Å². The first-order chi connectivity index (χ1) is 19.1. The Labute approximate surface area is 232 Å². The second-order valence-electron chi connectivity index (χ2n) is 11.3. The molecule has 4 N–H and O–H groups in total. The molecule has 11 heteroatoms. The summed E-state index contributed by atoms with van der Waals surface area (Å²) in [6.45, 7) is 2.36. The Bertz CT molecular complexity index is 1450. The van der Waals surface area contributed by atoms with Crippen LogP contribution in [0.15, 0.2) is 36.7 Å². The average Bonchev–Trinajstić information content (AvgIpc) is 3.71. The number of alkyl halides is 1. The molecule has 3 heterocycles. The number of hydrogen-bond acceptors (Lipinski definition) is 7. The van der Waals surface area contributed by atoms with Gasteiger partial charge in [-0.25, -0.2) is 8.91 Å². The van der Waals surface area contributed by atoms with Gasteiger partial charge in [0.2, 0.25) is 5.91 Å². The van der Waals surface area contributed by atoms with E-state index in [1.807, 2.05) is 12.1 Å². The van der Waals surface area contributed by atoms with Crippen LogP contribution in [0.5, 0.6) is 0 Å². The molecule has 1 atom stereocenters. The zero-order valence-corrected chi connectivity index (χ0v) is 22.7. The van der Waals surface area contributed by atoms with Crippen molar-refractivity contribution < 1.29 is 19.1 Å². The van der Waals surface area contributed by atoms with Gasteiger partial charge in [0.1, 0.15) is 12.2 Å². The fraction of sp³-hybridized carbons (Fsp3) is 0.483. The number of nitrogens with one attached hydrogen (secondary N) is 3. The first kappa shape index (κ1) is 27.5. The highest BCUT2D eigenvalue weighted by molar-refractivity contribution is 6.00. The highest BCUT2D eigenvalue weighted by Crippen LogP contribution is 2.31. The lowest BCUT2D eigenvalue weighted by molar-refractivity contribution is -0.123. The Morgan fingerprint density at radius 1 is 1.15 bits per heavy atom. The number of carbonyl (C=O) groups is 2. The number of pyridine rings is 1. The van der Waals surface area contributed by atoms with E-state index in [-0.39, 0.29) is 36.0 Å². The predicted octanol–water partition coefficient (Wildman–Crippen LogP) is 3.36. The molecular weight excluding hydrogens is 513 g/mol. The Morgan fingerprint density at radius 2 is 1.88 bits per heavy atom. The summed E-state index contributed by atoms with van der Waals surface area (Å²) < 4.78 is 16.0. The van der Waals surface area contributed by atoms with Gasteiger partial charge >= 0.3 is 0 Å². The number of fused-ring (bicyclic) bond motifs is 1. The standard InChI is InChI=1S/C29H34FN7O3/c1-29(2,40)26(30)16-33-28(39)22-15-32-24(25-10-9-21-11-17(13-31)14-34-37(21)25)12-23(22)35-19-5-7-20(8-6-19)36-27(38)18-3-4-18/h9-12,14-15,18-20,26,40H,3-8,16H2,1-2H3,(H,32,35)(H,33,39)(H,36,38). The summed E-state index contributed by atoms with van der Waals surface area (Å²) in [7, 11) is 0. The summed E-state index contributed by atoms with van der Waals surface area (Å²) in [6.07, 6.45) is 6.53. The molecule has 0 bridgehead atoms. The molecule has 210 valence electrons. The molecule has 2 fully saturated rings. The monoisotopic (exact) mass is 547 g/mol. The quantitative estimate of drug-likeness (QED) is 0.322. The van der Waals surface area contributed by atoms with Crippen molar-refractivity contribution in [1.29, 1.82) is 5.26 Å². The van der Waals surface area contributed by atoms with Gasteiger partial charge in [-0.05, 0) is 76.6 Å². The van der Waals surface area contributed by atoms with Crippen LogP contribution in [0.2, 0.25) is 0 Å². The Balaban J connectivity index is 1.37. The molecular formula is C29H34FN7O3. The summed E-state index contributed by atoms with van der Waals surface area (Å²) >= 11 is 0.